The second kappa shape index (κ2) is 5.20. The minimum Gasteiger partial charge on any atom is -0.388 e. The SMILES string of the molecule is CC1(C)CC(Nc2cccnc2C(N)=S)CCO1. The lowest BCUT2D eigenvalue weighted by Crippen LogP contribution is -2.40. The standard InChI is InChI=1S/C13H19N3OS/c1-13(2)8-9(5-7-17-13)16-10-4-3-6-15-11(10)12(14)18/h3-4,6,9,16H,5,7-8H2,1-2H3,(H2,14,18). The lowest BCUT2D eigenvalue weighted by Gasteiger charge is -2.36. The van der Waals surface area contributed by atoms with Crippen LogP contribution >= 0.6 is 12.2 Å². The molecule has 1 aromatic heterocycles. The summed E-state index contributed by atoms with van der Waals surface area (Å²) in [6.45, 7) is 4.99. The van der Waals surface area contributed by atoms with E-state index in [-0.39, 0.29) is 5.60 Å². The maximum atomic E-state index is 5.70. The van der Waals surface area contributed by atoms with Gasteiger partial charge in [-0.05, 0) is 38.8 Å². The molecule has 0 spiro atoms. The van der Waals surface area contributed by atoms with Gasteiger partial charge in [-0.2, -0.15) is 0 Å². The number of rotatable bonds is 3. The first-order valence-electron chi connectivity index (χ1n) is 6.13. The Morgan fingerprint density at radius 3 is 3.06 bits per heavy atom. The number of ether oxygens (including phenoxy) is 1. The number of aromatic nitrogens is 1. The molecule has 3 N–H and O–H groups in total. The van der Waals surface area contributed by atoms with Crippen LogP contribution in [-0.4, -0.2) is 28.2 Å². The zero-order valence-corrected chi connectivity index (χ0v) is 11.6. The summed E-state index contributed by atoms with van der Waals surface area (Å²) in [5.74, 6) is 0. The third-order valence-electron chi connectivity index (χ3n) is 3.10. The average molecular weight is 265 g/mol. The van der Waals surface area contributed by atoms with Crippen LogP contribution in [0.1, 0.15) is 32.4 Å². The topological polar surface area (TPSA) is 60.2 Å². The molecule has 1 fully saturated rings. The number of nitrogens with zero attached hydrogens (tertiary/aromatic N) is 1. The molecule has 18 heavy (non-hydrogen) atoms. The molecule has 5 heteroatoms. The number of hydrogen-bond donors (Lipinski definition) is 2. The third-order valence-corrected chi connectivity index (χ3v) is 3.29. The van der Waals surface area contributed by atoms with Crippen LogP contribution in [0.3, 0.4) is 0 Å². The monoisotopic (exact) mass is 265 g/mol. The Labute approximate surface area is 113 Å². The molecule has 4 nitrogen and oxygen atoms in total. The lowest BCUT2D eigenvalue weighted by molar-refractivity contribution is -0.0553. The summed E-state index contributed by atoms with van der Waals surface area (Å²) in [6, 6.07) is 4.21. The molecule has 1 saturated heterocycles. The van der Waals surface area contributed by atoms with E-state index in [4.69, 9.17) is 22.7 Å². The van der Waals surface area contributed by atoms with Crippen LogP contribution in [-0.2, 0) is 4.74 Å². The highest BCUT2D eigenvalue weighted by Crippen LogP contribution is 2.27. The Bertz CT molecular complexity index is 448. The molecule has 1 aromatic rings. The molecule has 98 valence electrons. The van der Waals surface area contributed by atoms with Gasteiger partial charge in [0.05, 0.1) is 11.3 Å². The zero-order valence-electron chi connectivity index (χ0n) is 10.8. The van der Waals surface area contributed by atoms with Gasteiger partial charge in [-0.1, -0.05) is 12.2 Å². The van der Waals surface area contributed by atoms with Crippen molar-refractivity contribution in [3.63, 3.8) is 0 Å². The van der Waals surface area contributed by atoms with Crippen LogP contribution < -0.4 is 11.1 Å². The summed E-state index contributed by atoms with van der Waals surface area (Å²) in [5, 5.41) is 3.48. The molecule has 0 bridgehead atoms. The minimum absolute atomic E-state index is 0.0818. The molecular weight excluding hydrogens is 246 g/mol. The summed E-state index contributed by atoms with van der Waals surface area (Å²) in [6.07, 6.45) is 3.64. The van der Waals surface area contributed by atoms with Crippen molar-refractivity contribution in [2.75, 3.05) is 11.9 Å². The average Bonchev–Trinajstić information content (AvgIpc) is 2.28. The van der Waals surface area contributed by atoms with Gasteiger partial charge < -0.3 is 15.8 Å². The van der Waals surface area contributed by atoms with Gasteiger partial charge in [0.1, 0.15) is 10.7 Å². The number of thiocarbonyl (C=S) groups is 1. The molecule has 2 heterocycles. The predicted molar refractivity (Wildman–Crippen MR) is 76.8 cm³/mol. The highest BCUT2D eigenvalue weighted by Gasteiger charge is 2.29. The number of anilines is 1. The van der Waals surface area contributed by atoms with E-state index in [1.165, 1.54) is 0 Å². The molecule has 1 aliphatic rings. The number of nitrogens with one attached hydrogen (secondary N) is 1. The van der Waals surface area contributed by atoms with Crippen LogP contribution in [0.5, 0.6) is 0 Å². The van der Waals surface area contributed by atoms with Crippen LogP contribution in [0, 0.1) is 0 Å². The molecule has 0 radical (unpaired) electrons. The number of pyridine rings is 1. The van der Waals surface area contributed by atoms with Crippen molar-refractivity contribution in [3.8, 4) is 0 Å². The Hall–Kier alpha value is -1.20. The molecular formula is C13H19N3OS. The Balaban J connectivity index is 2.12. The van der Waals surface area contributed by atoms with E-state index in [1.54, 1.807) is 6.20 Å². The van der Waals surface area contributed by atoms with Gasteiger partial charge in [0.15, 0.2) is 0 Å². The van der Waals surface area contributed by atoms with Gasteiger partial charge in [-0.15, -0.1) is 0 Å². The van der Waals surface area contributed by atoms with E-state index in [0.717, 1.165) is 25.1 Å². The quantitative estimate of drug-likeness (QED) is 0.819. The van der Waals surface area contributed by atoms with Crippen molar-refractivity contribution >= 4 is 22.9 Å². The molecule has 0 amide bonds. The van der Waals surface area contributed by atoms with Crippen LogP contribution in [0.15, 0.2) is 18.3 Å². The first-order chi connectivity index (χ1) is 8.48. The molecule has 0 saturated carbocycles. The summed E-state index contributed by atoms with van der Waals surface area (Å²) in [4.78, 5) is 4.54. The second-order valence-corrected chi connectivity index (χ2v) is 5.65. The van der Waals surface area contributed by atoms with Crippen molar-refractivity contribution in [1.29, 1.82) is 0 Å². The highest BCUT2D eigenvalue weighted by atomic mass is 32.1. The van der Waals surface area contributed by atoms with Crippen molar-refractivity contribution in [1.82, 2.24) is 4.98 Å². The van der Waals surface area contributed by atoms with Crippen molar-refractivity contribution in [3.05, 3.63) is 24.0 Å². The molecule has 1 aliphatic heterocycles. The second-order valence-electron chi connectivity index (χ2n) is 5.21. The van der Waals surface area contributed by atoms with Crippen molar-refractivity contribution in [2.24, 2.45) is 5.73 Å². The molecule has 1 unspecified atom stereocenters. The van der Waals surface area contributed by atoms with Crippen molar-refractivity contribution in [2.45, 2.75) is 38.3 Å². The van der Waals surface area contributed by atoms with E-state index in [1.807, 2.05) is 12.1 Å². The number of hydrogen-bond acceptors (Lipinski definition) is 4. The van der Waals surface area contributed by atoms with E-state index in [2.05, 4.69) is 24.1 Å². The third kappa shape index (κ3) is 3.17. The summed E-state index contributed by atoms with van der Waals surface area (Å²) in [7, 11) is 0. The van der Waals surface area contributed by atoms with E-state index in [9.17, 15) is 0 Å². The van der Waals surface area contributed by atoms with Gasteiger partial charge in [0, 0.05) is 18.8 Å². The molecule has 0 aromatic carbocycles. The highest BCUT2D eigenvalue weighted by molar-refractivity contribution is 7.80. The fourth-order valence-electron chi connectivity index (χ4n) is 2.29. The van der Waals surface area contributed by atoms with Gasteiger partial charge in [0.2, 0.25) is 0 Å². The first kappa shape index (κ1) is 13.2. The van der Waals surface area contributed by atoms with Gasteiger partial charge in [0.25, 0.3) is 0 Å². The lowest BCUT2D eigenvalue weighted by atomic mass is 9.94. The number of nitrogens with two attached hydrogens (primary N) is 1. The Morgan fingerprint density at radius 2 is 2.39 bits per heavy atom. The molecule has 0 aliphatic carbocycles. The molecule has 2 rings (SSSR count). The summed E-state index contributed by atoms with van der Waals surface area (Å²) in [5.41, 5.74) is 7.17. The fourth-order valence-corrected chi connectivity index (χ4v) is 2.46. The van der Waals surface area contributed by atoms with Gasteiger partial charge >= 0.3 is 0 Å². The predicted octanol–water partition coefficient (Wildman–Crippen LogP) is 2.09. The normalized spacial score (nSPS) is 22.4. The first-order valence-corrected chi connectivity index (χ1v) is 6.54. The van der Waals surface area contributed by atoms with Crippen LogP contribution in [0.25, 0.3) is 0 Å². The maximum Gasteiger partial charge on any atom is 0.124 e. The smallest absolute Gasteiger partial charge is 0.124 e. The minimum atomic E-state index is -0.0818. The molecule has 1 atom stereocenters. The van der Waals surface area contributed by atoms with Gasteiger partial charge in [-0.3, -0.25) is 4.98 Å². The van der Waals surface area contributed by atoms with E-state index >= 15 is 0 Å². The fraction of sp³-hybridized carbons (Fsp3) is 0.538. The van der Waals surface area contributed by atoms with Crippen molar-refractivity contribution < 1.29 is 4.74 Å². The van der Waals surface area contributed by atoms with E-state index in [0.29, 0.717) is 16.7 Å². The summed E-state index contributed by atoms with van der Waals surface area (Å²) < 4.78 is 5.70. The maximum absolute atomic E-state index is 5.70. The summed E-state index contributed by atoms with van der Waals surface area (Å²) >= 11 is 5.01. The Kier molecular flexibility index (Phi) is 3.82. The van der Waals surface area contributed by atoms with E-state index < -0.39 is 0 Å². The largest absolute Gasteiger partial charge is 0.388 e. The van der Waals surface area contributed by atoms with Gasteiger partial charge in [-0.25, -0.2) is 0 Å². The van der Waals surface area contributed by atoms with Crippen LogP contribution in [0.2, 0.25) is 0 Å². The zero-order chi connectivity index (χ0) is 13.2. The Morgan fingerprint density at radius 1 is 1.61 bits per heavy atom. The van der Waals surface area contributed by atoms with Crippen LogP contribution in [0.4, 0.5) is 5.69 Å².